The Morgan fingerprint density at radius 1 is 1.50 bits per heavy atom. The highest BCUT2D eigenvalue weighted by Crippen LogP contribution is 2.18. The predicted octanol–water partition coefficient (Wildman–Crippen LogP) is 1.33. The Hall–Kier alpha value is -1.35. The summed E-state index contributed by atoms with van der Waals surface area (Å²) in [4.78, 5) is 11.6. The van der Waals surface area contributed by atoms with Crippen molar-refractivity contribution in [1.29, 1.82) is 0 Å². The van der Waals surface area contributed by atoms with Gasteiger partial charge in [-0.15, -0.1) is 0 Å². The first-order chi connectivity index (χ1) is 6.75. The summed E-state index contributed by atoms with van der Waals surface area (Å²) < 4.78 is 0. The molecule has 0 spiro atoms. The highest BCUT2D eigenvalue weighted by molar-refractivity contribution is 5.97. The number of nitrogens with one attached hydrogen (secondary N) is 1. The lowest BCUT2D eigenvalue weighted by molar-refractivity contribution is 0.0990. The summed E-state index contributed by atoms with van der Waals surface area (Å²) in [5.74, 6) is 0.176. The first kappa shape index (κ1) is 9.21. The maximum absolute atomic E-state index is 11.6. The van der Waals surface area contributed by atoms with E-state index in [0.29, 0.717) is 18.2 Å². The number of carbonyl (C=O) groups is 1. The molecule has 1 aliphatic rings. The fourth-order valence-electron chi connectivity index (χ4n) is 1.31. The minimum atomic E-state index is 0.0350. The zero-order valence-electron chi connectivity index (χ0n) is 7.86. The number of ketones is 1. The molecule has 0 amide bonds. The van der Waals surface area contributed by atoms with Gasteiger partial charge in [0.15, 0.2) is 5.78 Å². The van der Waals surface area contributed by atoms with Crippen molar-refractivity contribution < 1.29 is 9.90 Å². The van der Waals surface area contributed by atoms with Crippen molar-refractivity contribution in [3.8, 4) is 5.75 Å². The second-order valence-electron chi connectivity index (χ2n) is 3.63. The smallest absolute Gasteiger partial charge is 0.176 e. The second-order valence-corrected chi connectivity index (χ2v) is 3.63. The van der Waals surface area contributed by atoms with Gasteiger partial charge < -0.3 is 10.4 Å². The normalized spacial score (nSPS) is 15.4. The van der Waals surface area contributed by atoms with E-state index in [1.54, 1.807) is 18.2 Å². The molecule has 0 heterocycles. The zero-order valence-corrected chi connectivity index (χ0v) is 7.86. The topological polar surface area (TPSA) is 49.3 Å². The maximum atomic E-state index is 11.6. The van der Waals surface area contributed by atoms with Crippen molar-refractivity contribution in [3.63, 3.8) is 0 Å². The summed E-state index contributed by atoms with van der Waals surface area (Å²) in [5.41, 5.74) is 0.568. The van der Waals surface area contributed by atoms with Gasteiger partial charge in [-0.3, -0.25) is 4.79 Å². The number of phenols is 1. The quantitative estimate of drug-likeness (QED) is 0.706. The predicted molar refractivity (Wildman–Crippen MR) is 53.5 cm³/mol. The largest absolute Gasteiger partial charge is 0.508 e. The summed E-state index contributed by atoms with van der Waals surface area (Å²) in [6, 6.07) is 6.99. The van der Waals surface area contributed by atoms with Crippen LogP contribution in [0.3, 0.4) is 0 Å². The lowest BCUT2D eigenvalue weighted by Crippen LogP contribution is -2.24. The summed E-state index contributed by atoms with van der Waals surface area (Å²) in [5, 5.41) is 12.3. The minimum absolute atomic E-state index is 0.0350. The summed E-state index contributed by atoms with van der Waals surface area (Å²) in [7, 11) is 0. The molecule has 0 aliphatic heterocycles. The van der Waals surface area contributed by atoms with E-state index in [2.05, 4.69) is 5.32 Å². The summed E-state index contributed by atoms with van der Waals surface area (Å²) in [6.07, 6.45) is 2.35. The zero-order chi connectivity index (χ0) is 9.97. The molecule has 1 saturated carbocycles. The van der Waals surface area contributed by atoms with Gasteiger partial charge in [0, 0.05) is 11.6 Å². The fraction of sp³-hybridized carbons (Fsp3) is 0.364. The number of benzene rings is 1. The number of hydrogen-bond acceptors (Lipinski definition) is 3. The van der Waals surface area contributed by atoms with Crippen LogP contribution in [-0.4, -0.2) is 23.5 Å². The molecule has 1 aromatic carbocycles. The monoisotopic (exact) mass is 191 g/mol. The highest BCUT2D eigenvalue weighted by Gasteiger charge is 2.21. The van der Waals surface area contributed by atoms with E-state index in [0.717, 1.165) is 0 Å². The van der Waals surface area contributed by atoms with E-state index in [9.17, 15) is 9.90 Å². The number of rotatable bonds is 4. The molecule has 14 heavy (non-hydrogen) atoms. The molecular weight excluding hydrogens is 178 g/mol. The SMILES string of the molecule is O=C(CNC1CC1)c1cccc(O)c1. The highest BCUT2D eigenvalue weighted by atomic mass is 16.3. The molecule has 3 heteroatoms. The molecule has 2 rings (SSSR count). The van der Waals surface area contributed by atoms with Crippen LogP contribution in [0.1, 0.15) is 23.2 Å². The molecule has 1 aromatic rings. The van der Waals surface area contributed by atoms with Gasteiger partial charge in [-0.1, -0.05) is 12.1 Å². The molecule has 3 nitrogen and oxygen atoms in total. The average Bonchev–Trinajstić information content (AvgIpc) is 2.97. The molecular formula is C11H13NO2. The fourth-order valence-corrected chi connectivity index (χ4v) is 1.31. The van der Waals surface area contributed by atoms with Gasteiger partial charge in [0.1, 0.15) is 5.75 Å². The molecule has 1 aliphatic carbocycles. The molecule has 0 radical (unpaired) electrons. The first-order valence-corrected chi connectivity index (χ1v) is 4.81. The van der Waals surface area contributed by atoms with E-state index in [-0.39, 0.29) is 11.5 Å². The molecule has 0 aromatic heterocycles. The van der Waals surface area contributed by atoms with E-state index in [4.69, 9.17) is 0 Å². The molecule has 1 fully saturated rings. The Morgan fingerprint density at radius 3 is 2.93 bits per heavy atom. The molecule has 0 bridgehead atoms. The maximum Gasteiger partial charge on any atom is 0.176 e. The second kappa shape index (κ2) is 3.80. The lowest BCUT2D eigenvalue weighted by Gasteiger charge is -2.02. The Bertz CT molecular complexity index is 345. The molecule has 74 valence electrons. The number of Topliss-reactive ketones (excluding diaryl/α,β-unsaturated/α-hetero) is 1. The van der Waals surface area contributed by atoms with Crippen LogP contribution in [0.2, 0.25) is 0 Å². The van der Waals surface area contributed by atoms with Gasteiger partial charge in [-0.25, -0.2) is 0 Å². The summed E-state index contributed by atoms with van der Waals surface area (Å²) in [6.45, 7) is 0.369. The van der Waals surface area contributed by atoms with Gasteiger partial charge in [-0.05, 0) is 25.0 Å². The lowest BCUT2D eigenvalue weighted by atomic mass is 10.1. The third kappa shape index (κ3) is 2.33. The Labute approximate surface area is 82.8 Å². The van der Waals surface area contributed by atoms with Crippen LogP contribution in [0.4, 0.5) is 0 Å². The molecule has 2 N–H and O–H groups in total. The summed E-state index contributed by atoms with van der Waals surface area (Å²) >= 11 is 0. The van der Waals surface area contributed by atoms with Crippen molar-refractivity contribution in [2.45, 2.75) is 18.9 Å². The van der Waals surface area contributed by atoms with Gasteiger partial charge >= 0.3 is 0 Å². The third-order valence-electron chi connectivity index (χ3n) is 2.30. The van der Waals surface area contributed by atoms with Crippen LogP contribution in [0.5, 0.6) is 5.75 Å². The van der Waals surface area contributed by atoms with E-state index < -0.39 is 0 Å². The van der Waals surface area contributed by atoms with E-state index in [1.165, 1.54) is 18.9 Å². The Balaban J connectivity index is 1.95. The first-order valence-electron chi connectivity index (χ1n) is 4.81. The van der Waals surface area contributed by atoms with Gasteiger partial charge in [0.25, 0.3) is 0 Å². The van der Waals surface area contributed by atoms with Crippen molar-refractivity contribution in [3.05, 3.63) is 29.8 Å². The van der Waals surface area contributed by atoms with Gasteiger partial charge in [0.2, 0.25) is 0 Å². The minimum Gasteiger partial charge on any atom is -0.508 e. The number of hydrogen-bond donors (Lipinski definition) is 2. The van der Waals surface area contributed by atoms with Crippen LogP contribution in [0, 0.1) is 0 Å². The number of phenolic OH excluding ortho intramolecular Hbond substituents is 1. The van der Waals surface area contributed by atoms with Crippen LogP contribution >= 0.6 is 0 Å². The molecule has 0 atom stereocenters. The van der Waals surface area contributed by atoms with Crippen molar-refractivity contribution in [2.75, 3.05) is 6.54 Å². The molecule has 0 unspecified atom stereocenters. The van der Waals surface area contributed by atoms with Crippen LogP contribution < -0.4 is 5.32 Å². The number of carbonyl (C=O) groups excluding carboxylic acids is 1. The van der Waals surface area contributed by atoms with Crippen LogP contribution in [-0.2, 0) is 0 Å². The van der Waals surface area contributed by atoms with E-state index >= 15 is 0 Å². The van der Waals surface area contributed by atoms with Crippen LogP contribution in [0.15, 0.2) is 24.3 Å². The Morgan fingerprint density at radius 2 is 2.29 bits per heavy atom. The standard InChI is InChI=1S/C11H13NO2/c13-10-3-1-2-8(6-10)11(14)7-12-9-4-5-9/h1-3,6,9,12-13H,4-5,7H2. The third-order valence-corrected chi connectivity index (χ3v) is 2.30. The van der Waals surface area contributed by atoms with Crippen molar-refractivity contribution in [2.24, 2.45) is 0 Å². The Kier molecular flexibility index (Phi) is 2.50. The van der Waals surface area contributed by atoms with Crippen molar-refractivity contribution >= 4 is 5.78 Å². The average molecular weight is 191 g/mol. The van der Waals surface area contributed by atoms with E-state index in [1.807, 2.05) is 0 Å². The van der Waals surface area contributed by atoms with Gasteiger partial charge in [-0.2, -0.15) is 0 Å². The number of aromatic hydroxyl groups is 1. The van der Waals surface area contributed by atoms with Gasteiger partial charge in [0.05, 0.1) is 6.54 Å². The van der Waals surface area contributed by atoms with Crippen LogP contribution in [0.25, 0.3) is 0 Å². The van der Waals surface area contributed by atoms with Crippen molar-refractivity contribution in [1.82, 2.24) is 5.32 Å². The molecule has 0 saturated heterocycles.